The van der Waals surface area contributed by atoms with Crippen LogP contribution in [0.3, 0.4) is 0 Å². The Labute approximate surface area is 204 Å². The predicted molar refractivity (Wildman–Crippen MR) is 132 cm³/mol. The minimum Gasteiger partial charge on any atom is -0.490 e. The number of aryl methyl sites for hydroxylation is 1. The molecule has 3 heterocycles. The number of rotatable bonds is 9. The topological polar surface area (TPSA) is 69.7 Å². The van der Waals surface area contributed by atoms with Gasteiger partial charge in [-0.2, -0.15) is 5.10 Å². The summed E-state index contributed by atoms with van der Waals surface area (Å²) in [7, 11) is 1.81. The molecule has 0 N–H and O–H groups in total. The second-order valence-electron chi connectivity index (χ2n) is 8.25. The third kappa shape index (κ3) is 4.10. The van der Waals surface area contributed by atoms with Gasteiger partial charge in [0.15, 0.2) is 11.5 Å². The van der Waals surface area contributed by atoms with Crippen LogP contribution in [-0.2, 0) is 13.6 Å². The van der Waals surface area contributed by atoms with E-state index in [0.29, 0.717) is 42.7 Å². The molecular formula is C28H27N3O4. The monoisotopic (exact) mass is 469 g/mol. The summed E-state index contributed by atoms with van der Waals surface area (Å²) in [6.07, 6.45) is 3.31. The first-order valence-corrected chi connectivity index (χ1v) is 11.6. The maximum absolute atomic E-state index is 13.7. The number of carbonyl (C=O) groups excluding carboxylic acids is 1. The average molecular weight is 470 g/mol. The van der Waals surface area contributed by atoms with Crippen LogP contribution >= 0.6 is 0 Å². The van der Waals surface area contributed by atoms with Crippen LogP contribution in [0, 0.1) is 0 Å². The van der Waals surface area contributed by atoms with Crippen LogP contribution in [0.5, 0.6) is 11.5 Å². The maximum atomic E-state index is 13.7. The van der Waals surface area contributed by atoms with Crippen LogP contribution in [-0.4, -0.2) is 33.8 Å². The number of benzene rings is 2. The third-order valence-corrected chi connectivity index (χ3v) is 6.03. The Hall–Kier alpha value is -4.26. The highest BCUT2D eigenvalue weighted by Gasteiger charge is 2.44. The van der Waals surface area contributed by atoms with E-state index in [-0.39, 0.29) is 11.9 Å². The van der Waals surface area contributed by atoms with Gasteiger partial charge < -0.3 is 18.8 Å². The zero-order valence-corrected chi connectivity index (χ0v) is 19.8. The van der Waals surface area contributed by atoms with E-state index in [2.05, 4.69) is 6.58 Å². The summed E-state index contributed by atoms with van der Waals surface area (Å²) in [5.41, 5.74) is 4.09. The van der Waals surface area contributed by atoms with Crippen molar-refractivity contribution in [2.24, 2.45) is 7.05 Å². The number of furan rings is 1. The highest BCUT2D eigenvalue weighted by Crippen LogP contribution is 2.45. The molecule has 0 radical (unpaired) electrons. The third-order valence-electron chi connectivity index (χ3n) is 6.03. The van der Waals surface area contributed by atoms with Crippen molar-refractivity contribution >= 4 is 5.91 Å². The highest BCUT2D eigenvalue weighted by atomic mass is 16.5. The summed E-state index contributed by atoms with van der Waals surface area (Å²) in [4.78, 5) is 15.6. The number of hydrogen-bond donors (Lipinski definition) is 0. The van der Waals surface area contributed by atoms with Gasteiger partial charge in [-0.15, -0.1) is 0 Å². The van der Waals surface area contributed by atoms with E-state index in [0.717, 1.165) is 22.4 Å². The summed E-state index contributed by atoms with van der Waals surface area (Å²) in [6, 6.07) is 19.1. The van der Waals surface area contributed by atoms with Crippen LogP contribution in [0.1, 0.15) is 40.3 Å². The van der Waals surface area contributed by atoms with Crippen molar-refractivity contribution < 1.29 is 18.7 Å². The van der Waals surface area contributed by atoms with Crippen molar-refractivity contribution in [2.75, 3.05) is 13.2 Å². The van der Waals surface area contributed by atoms with Crippen molar-refractivity contribution in [3.8, 4) is 22.8 Å². The fraction of sp³-hybridized carbons (Fsp3) is 0.214. The molecule has 2 aromatic heterocycles. The normalized spacial score (nSPS) is 14.7. The van der Waals surface area contributed by atoms with Crippen LogP contribution < -0.4 is 9.47 Å². The van der Waals surface area contributed by atoms with Gasteiger partial charge in [-0.3, -0.25) is 9.48 Å². The van der Waals surface area contributed by atoms with E-state index in [4.69, 9.17) is 19.0 Å². The van der Waals surface area contributed by atoms with Gasteiger partial charge in [-0.05, 0) is 36.8 Å². The lowest BCUT2D eigenvalue weighted by Gasteiger charge is -2.26. The molecule has 5 rings (SSSR count). The van der Waals surface area contributed by atoms with E-state index >= 15 is 0 Å². The van der Waals surface area contributed by atoms with E-state index in [1.165, 1.54) is 0 Å². The molecule has 4 aromatic rings. The van der Waals surface area contributed by atoms with Crippen LogP contribution in [0.2, 0.25) is 0 Å². The molecule has 0 saturated heterocycles. The minimum absolute atomic E-state index is 0.0940. The first-order chi connectivity index (χ1) is 17.1. The molecule has 35 heavy (non-hydrogen) atoms. The van der Waals surface area contributed by atoms with Gasteiger partial charge in [0.25, 0.3) is 5.91 Å². The predicted octanol–water partition coefficient (Wildman–Crippen LogP) is 5.39. The minimum atomic E-state index is -0.376. The first kappa shape index (κ1) is 22.5. The number of amides is 1. The van der Waals surface area contributed by atoms with Crippen molar-refractivity contribution in [2.45, 2.75) is 19.5 Å². The maximum Gasteiger partial charge on any atom is 0.273 e. The molecule has 0 bridgehead atoms. The molecule has 2 aromatic carbocycles. The lowest BCUT2D eigenvalue weighted by Crippen LogP contribution is -2.29. The van der Waals surface area contributed by atoms with E-state index in [9.17, 15) is 4.79 Å². The Balaban J connectivity index is 1.67. The first-order valence-electron chi connectivity index (χ1n) is 11.6. The van der Waals surface area contributed by atoms with Gasteiger partial charge >= 0.3 is 0 Å². The number of fused-ring (bicyclic) bond motifs is 1. The van der Waals surface area contributed by atoms with Gasteiger partial charge in [-0.1, -0.05) is 49.1 Å². The summed E-state index contributed by atoms with van der Waals surface area (Å²) < 4.78 is 19.0. The van der Waals surface area contributed by atoms with Gasteiger partial charge in [0.05, 0.1) is 31.2 Å². The molecule has 0 unspecified atom stereocenters. The molecule has 0 aliphatic carbocycles. The van der Waals surface area contributed by atoms with Gasteiger partial charge in [0.1, 0.15) is 18.1 Å². The average Bonchev–Trinajstić information content (AvgIpc) is 3.57. The molecule has 0 fully saturated rings. The Morgan fingerprint density at radius 1 is 1.09 bits per heavy atom. The summed E-state index contributed by atoms with van der Waals surface area (Å²) in [5.74, 6) is 1.87. The largest absolute Gasteiger partial charge is 0.490 e. The summed E-state index contributed by atoms with van der Waals surface area (Å²) in [5, 5.41) is 4.76. The van der Waals surface area contributed by atoms with Crippen LogP contribution in [0.15, 0.2) is 84.0 Å². The molecule has 0 saturated carbocycles. The second kappa shape index (κ2) is 9.54. The fourth-order valence-electron chi connectivity index (χ4n) is 4.58. The number of ether oxygens (including phenoxy) is 2. The molecular weight excluding hydrogens is 442 g/mol. The Kier molecular flexibility index (Phi) is 6.14. The molecule has 1 atom stereocenters. The van der Waals surface area contributed by atoms with E-state index < -0.39 is 0 Å². The highest BCUT2D eigenvalue weighted by molar-refractivity contribution is 6.00. The van der Waals surface area contributed by atoms with Gasteiger partial charge in [-0.25, -0.2) is 0 Å². The zero-order chi connectivity index (χ0) is 24.4. The van der Waals surface area contributed by atoms with Crippen molar-refractivity contribution in [3.05, 3.63) is 102 Å². The van der Waals surface area contributed by atoms with Crippen molar-refractivity contribution in [1.29, 1.82) is 0 Å². The lowest BCUT2D eigenvalue weighted by molar-refractivity contribution is 0.0712. The zero-order valence-electron chi connectivity index (χ0n) is 19.8. The fourth-order valence-corrected chi connectivity index (χ4v) is 4.58. The van der Waals surface area contributed by atoms with Crippen LogP contribution in [0.4, 0.5) is 0 Å². The summed E-state index contributed by atoms with van der Waals surface area (Å²) >= 11 is 0. The number of aromatic nitrogens is 2. The smallest absolute Gasteiger partial charge is 0.273 e. The Morgan fingerprint density at radius 3 is 2.63 bits per heavy atom. The van der Waals surface area contributed by atoms with Crippen molar-refractivity contribution in [1.82, 2.24) is 14.7 Å². The molecule has 178 valence electrons. The van der Waals surface area contributed by atoms with Crippen LogP contribution in [0.25, 0.3) is 11.3 Å². The Bertz CT molecular complexity index is 1340. The number of carbonyl (C=O) groups is 1. The number of hydrogen-bond acceptors (Lipinski definition) is 5. The van der Waals surface area contributed by atoms with E-state index in [1.54, 1.807) is 17.0 Å². The number of nitrogens with zero attached hydrogens (tertiary/aromatic N) is 3. The van der Waals surface area contributed by atoms with E-state index in [1.807, 2.05) is 79.5 Å². The van der Waals surface area contributed by atoms with Gasteiger partial charge in [0, 0.05) is 18.2 Å². The molecule has 7 heteroatoms. The SMILES string of the molecule is C=CCOc1ccc([C@H]2c3c(-c4ccccc4)nn(C)c3C(=O)N2Cc2ccco2)cc1OCC. The van der Waals surface area contributed by atoms with Crippen molar-refractivity contribution in [3.63, 3.8) is 0 Å². The lowest BCUT2D eigenvalue weighted by atomic mass is 9.95. The quantitative estimate of drug-likeness (QED) is 0.308. The Morgan fingerprint density at radius 2 is 1.91 bits per heavy atom. The molecule has 1 aliphatic heterocycles. The molecule has 1 aliphatic rings. The second-order valence-corrected chi connectivity index (χ2v) is 8.25. The standard InChI is InChI=1S/C28H27N3O4/c1-4-15-35-22-14-13-20(17-23(22)33-5-2)26-24-25(19-10-7-6-8-11-19)29-30(3)27(24)28(32)31(26)18-21-12-9-16-34-21/h4,6-14,16-17,26H,1,5,15,18H2,2-3H3/t26-/m0/s1. The molecule has 0 spiro atoms. The molecule has 7 nitrogen and oxygen atoms in total. The van der Waals surface area contributed by atoms with Gasteiger partial charge in [0.2, 0.25) is 0 Å². The molecule has 1 amide bonds. The summed E-state index contributed by atoms with van der Waals surface area (Å²) in [6.45, 7) is 6.84.